The summed E-state index contributed by atoms with van der Waals surface area (Å²) in [6.07, 6.45) is 2.54. The monoisotopic (exact) mass is 243 g/mol. The topological polar surface area (TPSA) is 23.5 Å². The van der Waals surface area contributed by atoms with Crippen LogP contribution in [0, 0.1) is 12.3 Å². The minimum Gasteiger partial charge on any atom is -0.392 e. The molecule has 96 valence electrons. The number of hydrogen-bond donors (Lipinski definition) is 1. The first kappa shape index (κ1) is 11.9. The van der Waals surface area contributed by atoms with Crippen LogP contribution in [-0.4, -0.2) is 36.8 Å². The second kappa shape index (κ2) is 4.22. The zero-order chi connectivity index (χ0) is 12.8. The van der Waals surface area contributed by atoms with Crippen LogP contribution in [0.5, 0.6) is 0 Å². The Morgan fingerprint density at radius 3 is 2.44 bits per heavy atom. The average molecular weight is 243 g/mol. The maximum Gasteiger partial charge on any atom is 0.0660 e. The van der Waals surface area contributed by atoms with E-state index in [2.05, 4.69) is 43.1 Å². The third-order valence-corrected chi connectivity index (χ3v) is 4.30. The number of likely N-dealkylation sites (N-methyl/N-ethyl adjacent to an activating group) is 1. The Hall–Kier alpha value is -1.12. The molecule has 2 aliphatic rings. The lowest BCUT2D eigenvalue weighted by Crippen LogP contribution is -2.36. The minimum absolute atomic E-state index is 0.190. The van der Waals surface area contributed by atoms with Crippen molar-refractivity contribution in [3.05, 3.63) is 41.0 Å². The van der Waals surface area contributed by atoms with Gasteiger partial charge in [0, 0.05) is 18.5 Å². The van der Waals surface area contributed by atoms with E-state index in [1.165, 1.54) is 35.1 Å². The van der Waals surface area contributed by atoms with E-state index in [1.807, 2.05) is 0 Å². The lowest BCUT2D eigenvalue weighted by atomic mass is 9.82. The van der Waals surface area contributed by atoms with Crippen LogP contribution in [0.4, 0.5) is 0 Å². The largest absolute Gasteiger partial charge is 0.392 e. The quantitative estimate of drug-likeness (QED) is 0.862. The Kier molecular flexibility index (Phi) is 2.80. The van der Waals surface area contributed by atoms with Crippen LogP contribution < -0.4 is 0 Å². The van der Waals surface area contributed by atoms with E-state index in [9.17, 15) is 5.11 Å². The summed E-state index contributed by atoms with van der Waals surface area (Å²) in [4.78, 5) is 2.34. The van der Waals surface area contributed by atoms with E-state index in [1.54, 1.807) is 0 Å². The fraction of sp³-hybridized carbons (Fsp3) is 0.500. The van der Waals surface area contributed by atoms with Crippen LogP contribution in [0.15, 0.2) is 29.8 Å². The summed E-state index contributed by atoms with van der Waals surface area (Å²) in [5.74, 6) is 0. The van der Waals surface area contributed by atoms with Gasteiger partial charge in [-0.25, -0.2) is 0 Å². The highest BCUT2D eigenvalue weighted by Gasteiger charge is 2.50. The van der Waals surface area contributed by atoms with Gasteiger partial charge in [0.15, 0.2) is 0 Å². The van der Waals surface area contributed by atoms with E-state index in [4.69, 9.17) is 0 Å². The second-order valence-electron chi connectivity index (χ2n) is 5.96. The van der Waals surface area contributed by atoms with Crippen molar-refractivity contribution >= 4 is 5.57 Å². The van der Waals surface area contributed by atoms with Gasteiger partial charge in [0.2, 0.25) is 0 Å². The fourth-order valence-electron chi connectivity index (χ4n) is 3.35. The molecule has 18 heavy (non-hydrogen) atoms. The standard InChI is InChI=1S/C16H21NO/c1-12-3-5-13(6-4-12)15-14(10-18)9-17(2)11-16(15)7-8-16/h3-6,18H,7-11H2,1-2H3. The molecule has 0 aromatic heterocycles. The molecule has 1 aliphatic heterocycles. The second-order valence-corrected chi connectivity index (χ2v) is 5.96. The highest BCUT2D eigenvalue weighted by molar-refractivity contribution is 5.77. The normalized spacial score (nSPS) is 22.6. The molecule has 0 saturated heterocycles. The highest BCUT2D eigenvalue weighted by atomic mass is 16.3. The first-order valence-corrected chi connectivity index (χ1v) is 6.74. The summed E-state index contributed by atoms with van der Waals surface area (Å²) in [5, 5.41) is 9.67. The van der Waals surface area contributed by atoms with Crippen LogP contribution >= 0.6 is 0 Å². The van der Waals surface area contributed by atoms with E-state index in [0.29, 0.717) is 5.41 Å². The summed E-state index contributed by atoms with van der Waals surface area (Å²) in [7, 11) is 2.15. The van der Waals surface area contributed by atoms with Crippen LogP contribution in [-0.2, 0) is 0 Å². The van der Waals surface area contributed by atoms with Gasteiger partial charge < -0.3 is 10.0 Å². The molecule has 0 radical (unpaired) electrons. The van der Waals surface area contributed by atoms with Crippen LogP contribution in [0.1, 0.15) is 24.0 Å². The van der Waals surface area contributed by atoms with Crippen molar-refractivity contribution in [2.45, 2.75) is 19.8 Å². The summed E-state index contributed by atoms with van der Waals surface area (Å²) in [5.41, 5.74) is 5.59. The lowest BCUT2D eigenvalue weighted by molar-refractivity contribution is 0.263. The van der Waals surface area contributed by atoms with Crippen molar-refractivity contribution in [2.24, 2.45) is 5.41 Å². The third-order valence-electron chi connectivity index (χ3n) is 4.30. The number of aliphatic hydroxyl groups is 1. The van der Waals surface area contributed by atoms with E-state index >= 15 is 0 Å². The van der Waals surface area contributed by atoms with Gasteiger partial charge in [-0.15, -0.1) is 0 Å². The molecular weight excluding hydrogens is 222 g/mol. The molecule has 2 heteroatoms. The highest BCUT2D eigenvalue weighted by Crippen LogP contribution is 2.58. The van der Waals surface area contributed by atoms with Crippen LogP contribution in [0.3, 0.4) is 0 Å². The molecule has 1 spiro atoms. The molecule has 3 rings (SSSR count). The first-order chi connectivity index (χ1) is 8.64. The van der Waals surface area contributed by atoms with E-state index < -0.39 is 0 Å². The summed E-state index contributed by atoms with van der Waals surface area (Å²) < 4.78 is 0. The van der Waals surface area contributed by atoms with Gasteiger partial charge in [0.1, 0.15) is 0 Å². The maximum atomic E-state index is 9.67. The van der Waals surface area contributed by atoms with Crippen LogP contribution in [0.2, 0.25) is 0 Å². The molecule has 1 fully saturated rings. The van der Waals surface area contributed by atoms with Crippen molar-refractivity contribution in [3.63, 3.8) is 0 Å². The molecule has 1 heterocycles. The van der Waals surface area contributed by atoms with Gasteiger partial charge in [0.05, 0.1) is 6.61 Å². The molecule has 0 atom stereocenters. The number of rotatable bonds is 2. The molecule has 0 bridgehead atoms. The molecule has 1 aromatic carbocycles. The van der Waals surface area contributed by atoms with Gasteiger partial charge in [-0.3, -0.25) is 0 Å². The maximum absolute atomic E-state index is 9.67. The summed E-state index contributed by atoms with van der Waals surface area (Å²) in [6, 6.07) is 8.77. The van der Waals surface area contributed by atoms with Crippen molar-refractivity contribution in [1.82, 2.24) is 4.90 Å². The molecule has 1 aliphatic carbocycles. The Balaban J connectivity index is 2.08. The minimum atomic E-state index is 0.190. The number of aliphatic hydroxyl groups excluding tert-OH is 1. The first-order valence-electron chi connectivity index (χ1n) is 6.74. The molecule has 1 aromatic rings. The van der Waals surface area contributed by atoms with Gasteiger partial charge in [-0.1, -0.05) is 29.8 Å². The molecule has 0 amide bonds. The zero-order valence-electron chi connectivity index (χ0n) is 11.2. The zero-order valence-corrected chi connectivity index (χ0v) is 11.2. The van der Waals surface area contributed by atoms with Crippen LogP contribution in [0.25, 0.3) is 5.57 Å². The summed E-state index contributed by atoms with van der Waals surface area (Å²) >= 11 is 0. The van der Waals surface area contributed by atoms with Gasteiger partial charge in [0.25, 0.3) is 0 Å². The fourth-order valence-corrected chi connectivity index (χ4v) is 3.35. The number of hydrogen-bond acceptors (Lipinski definition) is 2. The Labute approximate surface area is 109 Å². The SMILES string of the molecule is Cc1ccc(C2=C(CO)CN(C)CC23CC3)cc1. The number of aryl methyl sites for hydroxylation is 1. The van der Waals surface area contributed by atoms with Crippen molar-refractivity contribution < 1.29 is 5.11 Å². The van der Waals surface area contributed by atoms with Crippen molar-refractivity contribution in [3.8, 4) is 0 Å². The van der Waals surface area contributed by atoms with Gasteiger partial charge in [-0.2, -0.15) is 0 Å². The van der Waals surface area contributed by atoms with Gasteiger partial charge in [-0.05, 0) is 43.5 Å². The molecule has 0 unspecified atom stereocenters. The lowest BCUT2D eigenvalue weighted by Gasteiger charge is -2.34. The smallest absolute Gasteiger partial charge is 0.0660 e. The van der Waals surface area contributed by atoms with Crippen molar-refractivity contribution in [2.75, 3.05) is 26.7 Å². The predicted octanol–water partition coefficient (Wildman–Crippen LogP) is 2.47. The van der Waals surface area contributed by atoms with E-state index in [0.717, 1.165) is 13.1 Å². The average Bonchev–Trinajstić information content (AvgIpc) is 3.10. The van der Waals surface area contributed by atoms with Gasteiger partial charge >= 0.3 is 0 Å². The number of benzene rings is 1. The molecule has 1 saturated carbocycles. The Morgan fingerprint density at radius 1 is 1.22 bits per heavy atom. The predicted molar refractivity (Wildman–Crippen MR) is 74.3 cm³/mol. The third kappa shape index (κ3) is 1.90. The summed E-state index contributed by atoms with van der Waals surface area (Å²) in [6.45, 7) is 4.35. The molecular formula is C16H21NO. The van der Waals surface area contributed by atoms with Crippen molar-refractivity contribution in [1.29, 1.82) is 0 Å². The van der Waals surface area contributed by atoms with E-state index in [-0.39, 0.29) is 6.61 Å². The number of nitrogens with zero attached hydrogens (tertiary/aromatic N) is 1. The Bertz CT molecular complexity index is 482. The Morgan fingerprint density at radius 2 is 1.89 bits per heavy atom. The molecule has 1 N–H and O–H groups in total. The molecule has 2 nitrogen and oxygen atoms in total.